The zero-order valence-electron chi connectivity index (χ0n) is 19.1. The number of aliphatic carboxylic acids is 1. The van der Waals surface area contributed by atoms with E-state index in [0.717, 1.165) is 23.9 Å². The summed E-state index contributed by atoms with van der Waals surface area (Å²) in [7, 11) is 3.76. The smallest absolute Gasteiger partial charge is 0.696 e. The van der Waals surface area contributed by atoms with Gasteiger partial charge in [-0.3, -0.25) is 9.59 Å². The van der Waals surface area contributed by atoms with Crippen molar-refractivity contribution in [2.75, 3.05) is 20.6 Å². The molecule has 0 saturated heterocycles. The number of nitrogens with zero attached hydrogens (tertiary/aromatic N) is 2. The third kappa shape index (κ3) is 17.9. The van der Waals surface area contributed by atoms with Crippen molar-refractivity contribution in [3.8, 4) is 5.40 Å². The van der Waals surface area contributed by atoms with Gasteiger partial charge < -0.3 is 28.0 Å². The second-order valence-electron chi connectivity index (χ2n) is 6.13. The Kier molecular flexibility index (Phi) is 24.9. The van der Waals surface area contributed by atoms with E-state index in [9.17, 15) is 4.79 Å². The second-order valence-corrected chi connectivity index (χ2v) is 6.79. The Balaban J connectivity index is -0.000000411. The first-order chi connectivity index (χ1) is 14.8. The number of carboxylic acids is 1. The van der Waals surface area contributed by atoms with Crippen molar-refractivity contribution in [1.29, 1.82) is 5.26 Å². The van der Waals surface area contributed by atoms with Gasteiger partial charge in [0.05, 0.1) is 11.5 Å². The quantitative estimate of drug-likeness (QED) is 0.200. The molecule has 6 nitrogen and oxygen atoms in total. The molecule has 3 rings (SSSR count). The molecule has 0 aliphatic carbocycles. The number of carbonyl (C=O) groups excluding carboxylic acids is 1. The van der Waals surface area contributed by atoms with Crippen molar-refractivity contribution in [2.24, 2.45) is 0 Å². The minimum atomic E-state index is -0.833. The van der Waals surface area contributed by atoms with Crippen molar-refractivity contribution in [2.45, 2.75) is 13.3 Å². The monoisotopic (exact) mass is 531 g/mol. The van der Waals surface area contributed by atoms with Crippen molar-refractivity contribution in [1.82, 2.24) is 10.2 Å². The number of ketones is 1. The Morgan fingerprint density at radius 3 is 1.94 bits per heavy atom. The van der Waals surface area contributed by atoms with E-state index in [4.69, 9.17) is 27.4 Å². The van der Waals surface area contributed by atoms with Crippen LogP contribution in [0.25, 0.3) is 5.57 Å². The van der Waals surface area contributed by atoms with Crippen molar-refractivity contribution in [3.63, 3.8) is 0 Å². The third-order valence-corrected chi connectivity index (χ3v) is 4.09. The summed E-state index contributed by atoms with van der Waals surface area (Å²) in [5.41, 5.74) is 3.35. The Hall–Kier alpha value is -1.19. The average molecular weight is 532 g/mol. The maximum absolute atomic E-state index is 11.2. The van der Waals surface area contributed by atoms with Gasteiger partial charge in [0.25, 0.3) is 5.97 Å². The summed E-state index contributed by atoms with van der Waals surface area (Å²) in [6, 6.07) is 19.6. The summed E-state index contributed by atoms with van der Waals surface area (Å²) in [6.07, 6.45) is 3.01. The molecular weight excluding hydrogens is 505 g/mol. The van der Waals surface area contributed by atoms with E-state index in [-0.39, 0.29) is 69.6 Å². The molecule has 172 valence electrons. The van der Waals surface area contributed by atoms with E-state index < -0.39 is 5.97 Å². The molecule has 0 fully saturated rings. The molecule has 1 aliphatic rings. The summed E-state index contributed by atoms with van der Waals surface area (Å²) in [6.45, 7) is 1.49. The number of nitriles is 1. The van der Waals surface area contributed by atoms with Crippen molar-refractivity contribution in [3.05, 3.63) is 78.0 Å². The predicted molar refractivity (Wildman–Crippen MR) is 138 cm³/mol. The molecule has 0 bridgehead atoms. The molecule has 0 saturated carbocycles. The van der Waals surface area contributed by atoms with Crippen LogP contribution < -0.4 is 56.7 Å². The number of likely N-dealkylation sites (N-methyl/N-ethyl adjacent to an activating group) is 1. The van der Waals surface area contributed by atoms with Crippen LogP contribution in [0.1, 0.15) is 29.3 Å². The molecule has 33 heavy (non-hydrogen) atoms. The fraction of sp³-hybridized carbons (Fsp3) is 0.217. The molecule has 0 aromatic heterocycles. The van der Waals surface area contributed by atoms with Crippen LogP contribution in [-0.4, -0.2) is 47.4 Å². The maximum atomic E-state index is 11.2. The molecule has 0 unspecified atom stereocenters. The number of Topliss-reactive ketones (excluding diaryl/α,β-unsaturated/α-hetero) is 1. The molecule has 0 radical (unpaired) electrons. The van der Waals surface area contributed by atoms with Crippen LogP contribution in [0.4, 0.5) is 0 Å². The molecule has 2 N–H and O–H groups in total. The molecule has 0 amide bonds. The van der Waals surface area contributed by atoms with E-state index in [1.165, 1.54) is 16.5 Å². The maximum Gasteiger partial charge on any atom is 1.00 e. The van der Waals surface area contributed by atoms with Crippen LogP contribution in [-0.2, 0) is 17.4 Å². The second kappa shape index (κ2) is 22.6. The first-order valence-electron chi connectivity index (χ1n) is 9.22. The third-order valence-electron chi connectivity index (χ3n) is 3.66. The SMILES string of the molecule is CC(=O)O.CN1C=C(c2ccccc2)CC1=S.CNCC(=O)c1ccccc1.Cl.N#C[S-].[K+]. The van der Waals surface area contributed by atoms with Gasteiger partial charge in [-0.2, -0.15) is 0 Å². The van der Waals surface area contributed by atoms with Crippen LogP contribution in [0, 0.1) is 10.7 Å². The van der Waals surface area contributed by atoms with Gasteiger partial charge in [0.1, 0.15) is 0 Å². The van der Waals surface area contributed by atoms with Gasteiger partial charge in [-0.25, -0.2) is 5.26 Å². The van der Waals surface area contributed by atoms with Gasteiger partial charge >= 0.3 is 51.4 Å². The molecular formula is C23H27ClKN3O3S2. The molecule has 0 spiro atoms. The van der Waals surface area contributed by atoms with E-state index in [1.54, 1.807) is 7.05 Å². The Morgan fingerprint density at radius 1 is 1.15 bits per heavy atom. The topological polar surface area (TPSA) is 93.4 Å². The van der Waals surface area contributed by atoms with Crippen LogP contribution in [0.3, 0.4) is 0 Å². The number of thiocarbonyl (C=S) groups is 1. The normalized spacial score (nSPS) is 10.5. The Bertz CT molecular complexity index is 904. The van der Waals surface area contributed by atoms with Crippen LogP contribution in [0.2, 0.25) is 0 Å². The van der Waals surface area contributed by atoms with E-state index in [2.05, 4.69) is 48.4 Å². The van der Waals surface area contributed by atoms with Gasteiger partial charge in [0.15, 0.2) is 5.78 Å². The summed E-state index contributed by atoms with van der Waals surface area (Å²) < 4.78 is 0. The summed E-state index contributed by atoms with van der Waals surface area (Å²) in [5, 5.41) is 18.7. The first-order valence-corrected chi connectivity index (χ1v) is 10.0. The zero-order chi connectivity index (χ0) is 23.6. The molecule has 2 aromatic rings. The number of rotatable bonds is 4. The van der Waals surface area contributed by atoms with Gasteiger partial charge in [-0.05, 0) is 18.2 Å². The standard InChI is InChI=1S/C11H11NS.C9H11NO.C2H4O2.CHNS.ClH.K/c1-12-8-10(7-11(12)13)9-5-3-2-4-6-9;1-10-7-9(11)8-5-3-2-4-6-8;1-2(3)4;2-1-3;;/h2-6,8H,7H2,1H3;2-6,10H,7H2,1H3;1H3,(H,3,4);3H;1H;/q;;;;;+1/p-1. The number of carboxylic acid groups (broad SMARTS) is 1. The number of halogens is 1. The largest absolute Gasteiger partial charge is 1.00 e. The van der Waals surface area contributed by atoms with Gasteiger partial charge in [-0.15, -0.1) is 12.4 Å². The van der Waals surface area contributed by atoms with Gasteiger partial charge in [0, 0.05) is 32.2 Å². The van der Waals surface area contributed by atoms with Crippen LogP contribution in [0.5, 0.6) is 0 Å². The van der Waals surface area contributed by atoms with Crippen molar-refractivity contribution < 1.29 is 66.1 Å². The number of carbonyl (C=O) groups is 2. The number of hydrogen-bond acceptors (Lipinski definition) is 6. The molecule has 10 heteroatoms. The Labute approximate surface area is 255 Å². The van der Waals surface area contributed by atoms with E-state index in [1.807, 2.05) is 48.3 Å². The fourth-order valence-electron chi connectivity index (χ4n) is 2.35. The first kappa shape index (κ1) is 36.4. The fourth-order valence-corrected chi connectivity index (χ4v) is 2.56. The summed E-state index contributed by atoms with van der Waals surface area (Å²) in [4.78, 5) is 23.2. The minimum Gasteiger partial charge on any atom is -0.696 e. The van der Waals surface area contributed by atoms with E-state index in [0.29, 0.717) is 6.54 Å². The molecule has 0 atom stereocenters. The number of thiocyanates is 1. The van der Waals surface area contributed by atoms with E-state index >= 15 is 0 Å². The van der Waals surface area contributed by atoms with Gasteiger partial charge in [0.2, 0.25) is 0 Å². The van der Waals surface area contributed by atoms with Crippen molar-refractivity contribution >= 4 is 59.6 Å². The molecule has 1 aliphatic heterocycles. The van der Waals surface area contributed by atoms with Crippen LogP contribution in [0.15, 0.2) is 66.9 Å². The van der Waals surface area contributed by atoms with Crippen LogP contribution >= 0.6 is 24.6 Å². The minimum absolute atomic E-state index is 0. The predicted octanol–water partition coefficient (Wildman–Crippen LogP) is 1.31. The Morgan fingerprint density at radius 2 is 1.58 bits per heavy atom. The summed E-state index contributed by atoms with van der Waals surface area (Å²) in [5.74, 6) is -0.701. The molecule has 1 heterocycles. The average Bonchev–Trinajstić information content (AvgIpc) is 3.09. The van der Waals surface area contributed by atoms with Gasteiger partial charge in [-0.1, -0.05) is 78.3 Å². The summed E-state index contributed by atoms with van der Waals surface area (Å²) >= 11 is 8.89. The number of nitrogens with one attached hydrogen (secondary N) is 1. The zero-order valence-corrected chi connectivity index (χ0v) is 24.7. The molecule has 2 aromatic carbocycles. The number of benzene rings is 2. The number of hydrogen-bond donors (Lipinski definition) is 2.